The lowest BCUT2D eigenvalue weighted by Crippen LogP contribution is -2.27. The van der Waals surface area contributed by atoms with E-state index in [1.165, 1.54) is 25.7 Å². The molecular formula is C14H29NOS. The molecule has 3 atom stereocenters. The number of rotatable bonds is 6. The Morgan fingerprint density at radius 3 is 2.65 bits per heavy atom. The molecule has 17 heavy (non-hydrogen) atoms. The first-order valence-corrected chi connectivity index (χ1v) is 8.40. The second-order valence-corrected chi connectivity index (χ2v) is 8.29. The van der Waals surface area contributed by atoms with E-state index in [1.807, 2.05) is 0 Å². The summed E-state index contributed by atoms with van der Waals surface area (Å²) in [6.07, 6.45) is 7.10. The summed E-state index contributed by atoms with van der Waals surface area (Å²) >= 11 is 0. The van der Waals surface area contributed by atoms with E-state index in [9.17, 15) is 4.21 Å². The maximum absolute atomic E-state index is 12.2. The fourth-order valence-electron chi connectivity index (χ4n) is 2.58. The highest BCUT2D eigenvalue weighted by atomic mass is 32.2. The van der Waals surface area contributed by atoms with Gasteiger partial charge < -0.3 is 5.73 Å². The highest BCUT2D eigenvalue weighted by molar-refractivity contribution is 7.85. The average Bonchev–Trinajstić information content (AvgIpc) is 2.28. The monoisotopic (exact) mass is 259 g/mol. The lowest BCUT2D eigenvalue weighted by atomic mass is 9.88. The van der Waals surface area contributed by atoms with Crippen molar-refractivity contribution in [2.75, 3.05) is 12.3 Å². The molecule has 3 heteroatoms. The molecule has 0 heterocycles. The van der Waals surface area contributed by atoms with Crippen LogP contribution in [0.5, 0.6) is 0 Å². The smallest absolute Gasteiger partial charge is 0.0350 e. The molecule has 0 saturated heterocycles. The largest absolute Gasteiger partial charge is 0.330 e. The SMILES string of the molecule is CC1CCCC(S(=O)CCCC(C)(C)CN)C1. The summed E-state index contributed by atoms with van der Waals surface area (Å²) in [5, 5.41) is 0.472. The van der Waals surface area contributed by atoms with E-state index in [0.717, 1.165) is 31.1 Å². The van der Waals surface area contributed by atoms with Gasteiger partial charge in [0.15, 0.2) is 0 Å². The van der Waals surface area contributed by atoms with E-state index in [0.29, 0.717) is 5.25 Å². The van der Waals surface area contributed by atoms with Crippen molar-refractivity contribution in [2.24, 2.45) is 17.1 Å². The van der Waals surface area contributed by atoms with Gasteiger partial charge in [0.25, 0.3) is 0 Å². The van der Waals surface area contributed by atoms with Gasteiger partial charge in [0.1, 0.15) is 0 Å². The Labute approximate surface area is 109 Å². The number of hydrogen-bond acceptors (Lipinski definition) is 2. The lowest BCUT2D eigenvalue weighted by Gasteiger charge is -2.27. The Bertz CT molecular complexity index is 253. The van der Waals surface area contributed by atoms with Gasteiger partial charge in [-0.15, -0.1) is 0 Å². The van der Waals surface area contributed by atoms with Gasteiger partial charge in [-0.05, 0) is 43.6 Å². The molecule has 0 radical (unpaired) electrons. The van der Waals surface area contributed by atoms with E-state index < -0.39 is 10.8 Å². The van der Waals surface area contributed by atoms with Crippen molar-refractivity contribution >= 4 is 10.8 Å². The van der Waals surface area contributed by atoms with Crippen LogP contribution in [-0.4, -0.2) is 21.8 Å². The second kappa shape index (κ2) is 6.89. The Kier molecular flexibility index (Phi) is 6.14. The fraction of sp³-hybridized carbons (Fsp3) is 1.00. The first-order valence-electron chi connectivity index (χ1n) is 7.02. The maximum Gasteiger partial charge on any atom is 0.0350 e. The first kappa shape index (κ1) is 15.2. The van der Waals surface area contributed by atoms with Crippen molar-refractivity contribution in [3.63, 3.8) is 0 Å². The molecule has 0 spiro atoms. The third-order valence-electron chi connectivity index (χ3n) is 4.01. The van der Waals surface area contributed by atoms with Crippen LogP contribution in [0.1, 0.15) is 59.3 Å². The summed E-state index contributed by atoms with van der Waals surface area (Å²) in [4.78, 5) is 0. The van der Waals surface area contributed by atoms with Crippen molar-refractivity contribution in [3.8, 4) is 0 Å². The summed E-state index contributed by atoms with van der Waals surface area (Å²) in [6, 6.07) is 0. The minimum absolute atomic E-state index is 0.212. The van der Waals surface area contributed by atoms with Crippen LogP contribution >= 0.6 is 0 Å². The molecule has 0 aromatic carbocycles. The van der Waals surface area contributed by atoms with Gasteiger partial charge in [-0.1, -0.05) is 33.6 Å². The summed E-state index contributed by atoms with van der Waals surface area (Å²) < 4.78 is 12.2. The van der Waals surface area contributed by atoms with Crippen molar-refractivity contribution in [3.05, 3.63) is 0 Å². The topological polar surface area (TPSA) is 43.1 Å². The van der Waals surface area contributed by atoms with Crippen LogP contribution in [0.15, 0.2) is 0 Å². The Hall–Kier alpha value is 0.110. The van der Waals surface area contributed by atoms with Gasteiger partial charge >= 0.3 is 0 Å². The molecule has 3 unspecified atom stereocenters. The van der Waals surface area contributed by atoms with Crippen LogP contribution in [0.25, 0.3) is 0 Å². The summed E-state index contributed by atoms with van der Waals surface area (Å²) in [7, 11) is -0.605. The van der Waals surface area contributed by atoms with Crippen molar-refractivity contribution in [1.82, 2.24) is 0 Å². The minimum Gasteiger partial charge on any atom is -0.330 e. The normalized spacial score (nSPS) is 28.0. The second-order valence-electron chi connectivity index (χ2n) is 6.45. The van der Waals surface area contributed by atoms with Crippen LogP contribution < -0.4 is 5.73 Å². The molecule has 2 N–H and O–H groups in total. The van der Waals surface area contributed by atoms with E-state index in [1.54, 1.807) is 0 Å². The predicted molar refractivity (Wildman–Crippen MR) is 76.5 cm³/mol. The minimum atomic E-state index is -0.605. The molecule has 0 aromatic rings. The first-order chi connectivity index (χ1) is 7.94. The summed E-state index contributed by atoms with van der Waals surface area (Å²) in [5.74, 6) is 1.65. The van der Waals surface area contributed by atoms with Crippen LogP contribution in [-0.2, 0) is 10.8 Å². The third-order valence-corrected chi connectivity index (χ3v) is 5.87. The lowest BCUT2D eigenvalue weighted by molar-refractivity contribution is 0.343. The van der Waals surface area contributed by atoms with Crippen LogP contribution in [0.2, 0.25) is 0 Å². The van der Waals surface area contributed by atoms with Crippen LogP contribution in [0, 0.1) is 11.3 Å². The number of nitrogens with two attached hydrogens (primary N) is 1. The van der Waals surface area contributed by atoms with Crippen molar-refractivity contribution < 1.29 is 4.21 Å². The third kappa shape index (κ3) is 5.52. The average molecular weight is 259 g/mol. The molecule has 1 aliphatic carbocycles. The molecule has 0 aromatic heterocycles. The van der Waals surface area contributed by atoms with E-state index in [-0.39, 0.29) is 5.41 Å². The van der Waals surface area contributed by atoms with Gasteiger partial charge in [0.2, 0.25) is 0 Å². The zero-order valence-electron chi connectivity index (χ0n) is 11.7. The van der Waals surface area contributed by atoms with Crippen molar-refractivity contribution in [2.45, 2.75) is 64.5 Å². The molecule has 0 bridgehead atoms. The maximum atomic E-state index is 12.2. The summed E-state index contributed by atoms with van der Waals surface area (Å²) in [6.45, 7) is 7.40. The summed E-state index contributed by atoms with van der Waals surface area (Å²) in [5.41, 5.74) is 5.92. The molecule has 1 saturated carbocycles. The highest BCUT2D eigenvalue weighted by Gasteiger charge is 2.24. The van der Waals surface area contributed by atoms with E-state index >= 15 is 0 Å². The van der Waals surface area contributed by atoms with Crippen molar-refractivity contribution in [1.29, 1.82) is 0 Å². The molecule has 0 aliphatic heterocycles. The fourth-order valence-corrected chi connectivity index (χ4v) is 4.31. The Morgan fingerprint density at radius 2 is 2.06 bits per heavy atom. The zero-order chi connectivity index (χ0) is 12.9. The van der Waals surface area contributed by atoms with Gasteiger partial charge in [-0.25, -0.2) is 0 Å². The quantitative estimate of drug-likeness (QED) is 0.796. The van der Waals surface area contributed by atoms with E-state index in [4.69, 9.17) is 5.73 Å². The standard InChI is InChI=1S/C14H29NOS/c1-12-6-4-7-13(10-12)17(16)9-5-8-14(2,3)11-15/h12-13H,4-11,15H2,1-3H3. The predicted octanol–water partition coefficient (Wildman–Crippen LogP) is 3.08. The molecule has 1 rings (SSSR count). The molecular weight excluding hydrogens is 230 g/mol. The van der Waals surface area contributed by atoms with Gasteiger partial charge in [-0.3, -0.25) is 4.21 Å². The number of hydrogen-bond donors (Lipinski definition) is 1. The highest BCUT2D eigenvalue weighted by Crippen LogP contribution is 2.28. The van der Waals surface area contributed by atoms with Gasteiger partial charge in [-0.2, -0.15) is 0 Å². The van der Waals surface area contributed by atoms with E-state index in [2.05, 4.69) is 20.8 Å². The van der Waals surface area contributed by atoms with Crippen LogP contribution in [0.3, 0.4) is 0 Å². The molecule has 102 valence electrons. The molecule has 0 amide bonds. The Balaban J connectivity index is 2.25. The zero-order valence-corrected chi connectivity index (χ0v) is 12.5. The van der Waals surface area contributed by atoms with Gasteiger partial charge in [0, 0.05) is 21.8 Å². The van der Waals surface area contributed by atoms with Gasteiger partial charge in [0.05, 0.1) is 0 Å². The molecule has 1 aliphatic rings. The Morgan fingerprint density at radius 1 is 1.35 bits per heavy atom. The van der Waals surface area contributed by atoms with Crippen LogP contribution in [0.4, 0.5) is 0 Å². The molecule has 1 fully saturated rings. The molecule has 2 nitrogen and oxygen atoms in total.